The molecule has 1 amide bonds. The first kappa shape index (κ1) is 13.6. The molecule has 1 spiro atoms. The summed E-state index contributed by atoms with van der Waals surface area (Å²) >= 11 is 0. The highest BCUT2D eigenvalue weighted by molar-refractivity contribution is 5.93. The standard InChI is InChI=1S/C15H21NO4/c1-2-19-13-9-15(20-11-13)4-6-16(7-5-15)14(17)12-3-8-18-10-12/h3,8,10,13H,2,4-7,9,11H2,1H3/t13-/m1/s1. The third-order valence-corrected chi connectivity index (χ3v) is 4.31. The van der Waals surface area contributed by atoms with Crippen LogP contribution in [-0.4, -0.2) is 48.8 Å². The Bertz CT molecular complexity index is 448. The Labute approximate surface area is 118 Å². The van der Waals surface area contributed by atoms with E-state index in [0.717, 1.165) is 39.0 Å². The lowest BCUT2D eigenvalue weighted by molar-refractivity contribution is -0.0407. The number of rotatable bonds is 3. The van der Waals surface area contributed by atoms with Crippen LogP contribution in [-0.2, 0) is 9.47 Å². The highest BCUT2D eigenvalue weighted by Gasteiger charge is 2.43. The zero-order valence-electron chi connectivity index (χ0n) is 11.8. The van der Waals surface area contributed by atoms with E-state index in [9.17, 15) is 4.79 Å². The van der Waals surface area contributed by atoms with Gasteiger partial charge in [-0.3, -0.25) is 4.79 Å². The van der Waals surface area contributed by atoms with Crippen molar-refractivity contribution in [2.24, 2.45) is 0 Å². The smallest absolute Gasteiger partial charge is 0.257 e. The van der Waals surface area contributed by atoms with Crippen molar-refractivity contribution in [1.82, 2.24) is 4.90 Å². The highest BCUT2D eigenvalue weighted by Crippen LogP contribution is 2.37. The van der Waals surface area contributed by atoms with E-state index in [2.05, 4.69) is 0 Å². The van der Waals surface area contributed by atoms with Gasteiger partial charge in [-0.05, 0) is 25.8 Å². The second-order valence-electron chi connectivity index (χ2n) is 5.58. The Morgan fingerprint density at radius 2 is 2.30 bits per heavy atom. The minimum Gasteiger partial charge on any atom is -0.472 e. The number of hydrogen-bond acceptors (Lipinski definition) is 4. The van der Waals surface area contributed by atoms with Crippen LogP contribution in [0.3, 0.4) is 0 Å². The predicted molar refractivity (Wildman–Crippen MR) is 72.6 cm³/mol. The lowest BCUT2D eigenvalue weighted by Gasteiger charge is -2.38. The quantitative estimate of drug-likeness (QED) is 0.850. The first-order chi connectivity index (χ1) is 9.72. The predicted octanol–water partition coefficient (Wildman–Crippen LogP) is 2.08. The Hall–Kier alpha value is -1.33. The van der Waals surface area contributed by atoms with E-state index in [-0.39, 0.29) is 17.6 Å². The molecule has 0 N–H and O–H groups in total. The molecule has 2 saturated heterocycles. The second-order valence-corrected chi connectivity index (χ2v) is 5.58. The van der Waals surface area contributed by atoms with Crippen molar-refractivity contribution in [2.75, 3.05) is 26.3 Å². The van der Waals surface area contributed by atoms with E-state index in [4.69, 9.17) is 13.9 Å². The highest BCUT2D eigenvalue weighted by atomic mass is 16.6. The Kier molecular flexibility index (Phi) is 3.81. The second kappa shape index (κ2) is 5.58. The van der Waals surface area contributed by atoms with E-state index in [1.165, 1.54) is 12.5 Å². The summed E-state index contributed by atoms with van der Waals surface area (Å²) in [6.07, 6.45) is 5.99. The van der Waals surface area contributed by atoms with Gasteiger partial charge in [0.2, 0.25) is 0 Å². The summed E-state index contributed by atoms with van der Waals surface area (Å²) in [6.45, 7) is 4.90. The molecule has 1 aromatic heterocycles. The van der Waals surface area contributed by atoms with Crippen molar-refractivity contribution in [3.8, 4) is 0 Å². The minimum atomic E-state index is -0.0764. The molecule has 0 aromatic carbocycles. The van der Waals surface area contributed by atoms with Crippen molar-refractivity contribution in [3.05, 3.63) is 24.2 Å². The molecule has 1 aromatic rings. The summed E-state index contributed by atoms with van der Waals surface area (Å²) in [5, 5.41) is 0. The number of carbonyl (C=O) groups is 1. The number of carbonyl (C=O) groups excluding carboxylic acids is 1. The summed E-state index contributed by atoms with van der Waals surface area (Å²) in [6, 6.07) is 1.71. The fourth-order valence-electron chi connectivity index (χ4n) is 3.18. The van der Waals surface area contributed by atoms with Crippen molar-refractivity contribution in [1.29, 1.82) is 0 Å². The van der Waals surface area contributed by atoms with Crippen LogP contribution >= 0.6 is 0 Å². The van der Waals surface area contributed by atoms with Gasteiger partial charge in [-0.15, -0.1) is 0 Å². The van der Waals surface area contributed by atoms with Gasteiger partial charge < -0.3 is 18.8 Å². The lowest BCUT2D eigenvalue weighted by Crippen LogP contribution is -2.46. The molecule has 5 nitrogen and oxygen atoms in total. The van der Waals surface area contributed by atoms with Gasteiger partial charge in [0.05, 0.1) is 30.1 Å². The van der Waals surface area contributed by atoms with Gasteiger partial charge in [0, 0.05) is 26.1 Å². The summed E-state index contributed by atoms with van der Waals surface area (Å²) in [5.74, 6) is 0.0490. The van der Waals surface area contributed by atoms with Crippen LogP contribution in [0.4, 0.5) is 0 Å². The van der Waals surface area contributed by atoms with Gasteiger partial charge in [-0.1, -0.05) is 0 Å². The molecule has 0 unspecified atom stereocenters. The van der Waals surface area contributed by atoms with Crippen molar-refractivity contribution >= 4 is 5.91 Å². The maximum atomic E-state index is 12.2. The summed E-state index contributed by atoms with van der Waals surface area (Å²) < 4.78 is 16.6. The van der Waals surface area contributed by atoms with Crippen LogP contribution in [0.2, 0.25) is 0 Å². The number of nitrogens with zero attached hydrogens (tertiary/aromatic N) is 1. The zero-order valence-corrected chi connectivity index (χ0v) is 11.8. The van der Waals surface area contributed by atoms with Crippen LogP contribution in [0.5, 0.6) is 0 Å². The molecular formula is C15H21NO4. The van der Waals surface area contributed by atoms with E-state index in [1.54, 1.807) is 6.07 Å². The number of amides is 1. The molecule has 1 atom stereocenters. The summed E-state index contributed by atoms with van der Waals surface area (Å²) in [4.78, 5) is 14.1. The summed E-state index contributed by atoms with van der Waals surface area (Å²) in [7, 11) is 0. The molecule has 2 aliphatic heterocycles. The maximum absolute atomic E-state index is 12.2. The third kappa shape index (κ3) is 2.60. The van der Waals surface area contributed by atoms with Gasteiger partial charge in [-0.25, -0.2) is 0 Å². The number of likely N-dealkylation sites (tertiary alicyclic amines) is 1. The number of piperidine rings is 1. The first-order valence-corrected chi connectivity index (χ1v) is 7.29. The molecule has 0 saturated carbocycles. The van der Waals surface area contributed by atoms with Gasteiger partial charge in [0.15, 0.2) is 0 Å². The molecule has 5 heteroatoms. The monoisotopic (exact) mass is 279 g/mol. The van der Waals surface area contributed by atoms with Crippen molar-refractivity contribution in [3.63, 3.8) is 0 Å². The van der Waals surface area contributed by atoms with Crippen LogP contribution in [0.1, 0.15) is 36.5 Å². The molecule has 110 valence electrons. The zero-order chi connectivity index (χ0) is 14.0. The Morgan fingerprint density at radius 1 is 1.50 bits per heavy atom. The molecule has 3 heterocycles. The number of ether oxygens (including phenoxy) is 2. The van der Waals surface area contributed by atoms with Crippen LogP contribution in [0, 0.1) is 0 Å². The Morgan fingerprint density at radius 3 is 2.95 bits per heavy atom. The molecule has 0 bridgehead atoms. The fraction of sp³-hybridized carbons (Fsp3) is 0.667. The SMILES string of the molecule is CCO[C@H]1COC2(CCN(C(=O)c3ccoc3)CC2)C1. The van der Waals surface area contributed by atoms with Crippen LogP contribution < -0.4 is 0 Å². The van der Waals surface area contributed by atoms with E-state index in [1.807, 2.05) is 11.8 Å². The molecule has 0 aliphatic carbocycles. The van der Waals surface area contributed by atoms with Crippen LogP contribution in [0.15, 0.2) is 23.0 Å². The van der Waals surface area contributed by atoms with Crippen LogP contribution in [0.25, 0.3) is 0 Å². The lowest BCUT2D eigenvalue weighted by atomic mass is 9.88. The fourth-order valence-corrected chi connectivity index (χ4v) is 3.18. The average Bonchev–Trinajstić information content (AvgIpc) is 3.10. The van der Waals surface area contributed by atoms with E-state index >= 15 is 0 Å². The van der Waals surface area contributed by atoms with Gasteiger partial charge in [-0.2, -0.15) is 0 Å². The molecule has 2 aliphatic rings. The van der Waals surface area contributed by atoms with Crippen molar-refractivity contribution in [2.45, 2.75) is 37.9 Å². The topological polar surface area (TPSA) is 51.9 Å². The number of furan rings is 1. The minimum absolute atomic E-state index is 0.0490. The van der Waals surface area contributed by atoms with Gasteiger partial charge >= 0.3 is 0 Å². The molecule has 20 heavy (non-hydrogen) atoms. The maximum Gasteiger partial charge on any atom is 0.257 e. The number of hydrogen-bond donors (Lipinski definition) is 0. The van der Waals surface area contributed by atoms with E-state index in [0.29, 0.717) is 12.2 Å². The molecule has 3 rings (SSSR count). The molecular weight excluding hydrogens is 258 g/mol. The normalized spacial score (nSPS) is 25.2. The third-order valence-electron chi connectivity index (χ3n) is 4.31. The first-order valence-electron chi connectivity index (χ1n) is 7.29. The van der Waals surface area contributed by atoms with Crippen molar-refractivity contribution < 1.29 is 18.7 Å². The summed E-state index contributed by atoms with van der Waals surface area (Å²) in [5.41, 5.74) is 0.549. The van der Waals surface area contributed by atoms with Gasteiger partial charge in [0.25, 0.3) is 5.91 Å². The van der Waals surface area contributed by atoms with Gasteiger partial charge in [0.1, 0.15) is 6.26 Å². The largest absolute Gasteiger partial charge is 0.472 e. The van der Waals surface area contributed by atoms with E-state index < -0.39 is 0 Å². The molecule has 2 fully saturated rings. The Balaban J connectivity index is 1.56. The molecule has 0 radical (unpaired) electrons. The average molecular weight is 279 g/mol.